The second-order valence-electron chi connectivity index (χ2n) is 6.58. The number of nitrogens with zero attached hydrogens (tertiary/aromatic N) is 4. The number of aryl methyl sites for hydroxylation is 1. The van der Waals surface area contributed by atoms with Crippen molar-refractivity contribution in [2.75, 3.05) is 19.7 Å². The first-order chi connectivity index (χ1) is 12.3. The zero-order valence-corrected chi connectivity index (χ0v) is 14.2. The molecule has 2 aromatic heterocycles. The van der Waals surface area contributed by atoms with Gasteiger partial charge in [-0.25, -0.2) is 4.79 Å². The Morgan fingerprint density at radius 3 is 2.96 bits per heavy atom. The number of aromatic nitrogens is 3. The number of amides is 2. The molecule has 0 saturated carbocycles. The lowest BCUT2D eigenvalue weighted by Crippen LogP contribution is -2.42. The third kappa shape index (κ3) is 3.66. The zero-order chi connectivity index (χ0) is 17.1. The monoisotopic (exact) mass is 341 g/mol. The number of pyridine rings is 1. The summed E-state index contributed by atoms with van der Waals surface area (Å²) in [5.41, 5.74) is 3.04. The number of ether oxygens (including phenoxy) is 1. The van der Waals surface area contributed by atoms with Crippen LogP contribution in [0.4, 0.5) is 4.79 Å². The quantitative estimate of drug-likeness (QED) is 0.927. The third-order valence-corrected chi connectivity index (χ3v) is 4.78. The lowest BCUT2D eigenvalue weighted by Gasteiger charge is -2.21. The number of carbonyl (C=O) groups is 1. The summed E-state index contributed by atoms with van der Waals surface area (Å²) in [7, 11) is 0. The predicted octanol–water partition coefficient (Wildman–Crippen LogP) is 2.04. The van der Waals surface area contributed by atoms with Gasteiger partial charge in [0.05, 0.1) is 24.0 Å². The van der Waals surface area contributed by atoms with Crippen molar-refractivity contribution in [2.45, 2.75) is 38.5 Å². The van der Waals surface area contributed by atoms with Crippen LogP contribution in [0.3, 0.4) is 0 Å². The van der Waals surface area contributed by atoms with Crippen LogP contribution < -0.4 is 5.32 Å². The van der Waals surface area contributed by atoms with Crippen molar-refractivity contribution in [3.63, 3.8) is 0 Å². The van der Waals surface area contributed by atoms with Gasteiger partial charge in [-0.2, -0.15) is 5.10 Å². The SMILES string of the molecule is O=C(NC[C@H]1CCCO1)N1CCCn2nc(-c3ccncc3)cc2C1. The van der Waals surface area contributed by atoms with Crippen LogP contribution in [0.5, 0.6) is 0 Å². The molecule has 25 heavy (non-hydrogen) atoms. The van der Waals surface area contributed by atoms with Gasteiger partial charge in [0.1, 0.15) is 0 Å². The summed E-state index contributed by atoms with van der Waals surface area (Å²) < 4.78 is 7.59. The number of hydrogen-bond donors (Lipinski definition) is 1. The van der Waals surface area contributed by atoms with Crippen LogP contribution >= 0.6 is 0 Å². The fraction of sp³-hybridized carbons (Fsp3) is 0.500. The smallest absolute Gasteiger partial charge is 0.317 e. The summed E-state index contributed by atoms with van der Waals surface area (Å²) in [6, 6.07) is 5.96. The first-order valence-electron chi connectivity index (χ1n) is 8.91. The number of hydrogen-bond acceptors (Lipinski definition) is 4. The molecular formula is C18H23N5O2. The van der Waals surface area contributed by atoms with Gasteiger partial charge in [-0.05, 0) is 37.5 Å². The molecule has 2 aliphatic heterocycles. The molecule has 0 aromatic carbocycles. The van der Waals surface area contributed by atoms with Crippen molar-refractivity contribution in [1.82, 2.24) is 25.0 Å². The van der Waals surface area contributed by atoms with Crippen LogP contribution in [0.15, 0.2) is 30.6 Å². The number of carbonyl (C=O) groups excluding carboxylic acids is 1. The van der Waals surface area contributed by atoms with Gasteiger partial charge in [0.2, 0.25) is 0 Å². The summed E-state index contributed by atoms with van der Waals surface area (Å²) in [4.78, 5) is 18.4. The van der Waals surface area contributed by atoms with Gasteiger partial charge in [0.25, 0.3) is 0 Å². The minimum atomic E-state index is -0.0180. The third-order valence-electron chi connectivity index (χ3n) is 4.78. The van der Waals surface area contributed by atoms with Crippen LogP contribution in [-0.2, 0) is 17.8 Å². The Balaban J connectivity index is 1.43. The summed E-state index contributed by atoms with van der Waals surface area (Å²) >= 11 is 0. The highest BCUT2D eigenvalue weighted by atomic mass is 16.5. The van der Waals surface area contributed by atoms with Gasteiger partial charge in [-0.1, -0.05) is 0 Å². The molecule has 0 radical (unpaired) electrons. The highest BCUT2D eigenvalue weighted by Crippen LogP contribution is 2.21. The predicted molar refractivity (Wildman–Crippen MR) is 92.9 cm³/mol. The second kappa shape index (κ2) is 7.23. The summed E-state index contributed by atoms with van der Waals surface area (Å²) in [5, 5.41) is 7.71. The van der Waals surface area contributed by atoms with E-state index < -0.39 is 0 Å². The van der Waals surface area contributed by atoms with E-state index in [1.54, 1.807) is 12.4 Å². The van der Waals surface area contributed by atoms with Gasteiger partial charge in [0.15, 0.2) is 0 Å². The molecule has 0 bridgehead atoms. The van der Waals surface area contributed by atoms with Crippen molar-refractivity contribution < 1.29 is 9.53 Å². The first kappa shape index (κ1) is 16.1. The molecule has 2 aromatic rings. The Hall–Kier alpha value is -2.41. The van der Waals surface area contributed by atoms with Crippen molar-refractivity contribution in [1.29, 1.82) is 0 Å². The lowest BCUT2D eigenvalue weighted by molar-refractivity contribution is 0.108. The minimum absolute atomic E-state index is 0.0180. The Labute approximate surface area is 147 Å². The summed E-state index contributed by atoms with van der Waals surface area (Å²) in [5.74, 6) is 0. The molecule has 4 heterocycles. The molecule has 7 heteroatoms. The molecule has 1 N–H and O–H groups in total. The Kier molecular flexibility index (Phi) is 4.65. The Bertz CT molecular complexity index is 724. The zero-order valence-electron chi connectivity index (χ0n) is 14.2. The van der Waals surface area contributed by atoms with Gasteiger partial charge >= 0.3 is 6.03 Å². The molecular weight excluding hydrogens is 318 g/mol. The van der Waals surface area contributed by atoms with Crippen LogP contribution in [0, 0.1) is 0 Å². The van der Waals surface area contributed by atoms with Crippen molar-refractivity contribution >= 4 is 6.03 Å². The average molecular weight is 341 g/mol. The topological polar surface area (TPSA) is 72.3 Å². The number of fused-ring (bicyclic) bond motifs is 1. The Morgan fingerprint density at radius 1 is 1.28 bits per heavy atom. The van der Waals surface area contributed by atoms with Gasteiger partial charge < -0.3 is 15.0 Å². The first-order valence-corrected chi connectivity index (χ1v) is 8.91. The molecule has 2 amide bonds. The van der Waals surface area contributed by atoms with E-state index >= 15 is 0 Å². The van der Waals surface area contributed by atoms with E-state index in [0.717, 1.165) is 55.9 Å². The van der Waals surface area contributed by atoms with E-state index in [2.05, 4.69) is 16.4 Å². The van der Waals surface area contributed by atoms with E-state index in [-0.39, 0.29) is 12.1 Å². The van der Waals surface area contributed by atoms with Gasteiger partial charge in [0, 0.05) is 44.2 Å². The molecule has 132 valence electrons. The van der Waals surface area contributed by atoms with Crippen LogP contribution in [-0.4, -0.2) is 51.5 Å². The summed E-state index contributed by atoms with van der Waals surface area (Å²) in [6.45, 7) is 3.55. The average Bonchev–Trinajstić information content (AvgIpc) is 3.26. The lowest BCUT2D eigenvalue weighted by atomic mass is 10.2. The molecule has 1 atom stereocenters. The fourth-order valence-electron chi connectivity index (χ4n) is 3.42. The summed E-state index contributed by atoms with van der Waals surface area (Å²) in [6.07, 6.45) is 6.72. The molecule has 4 rings (SSSR count). The van der Waals surface area contributed by atoms with Crippen LogP contribution in [0.25, 0.3) is 11.3 Å². The van der Waals surface area contributed by atoms with Gasteiger partial charge in [-0.15, -0.1) is 0 Å². The maximum absolute atomic E-state index is 12.5. The number of rotatable bonds is 3. The molecule has 0 unspecified atom stereocenters. The highest BCUT2D eigenvalue weighted by Gasteiger charge is 2.22. The maximum atomic E-state index is 12.5. The van der Waals surface area contributed by atoms with E-state index in [1.807, 2.05) is 21.7 Å². The second-order valence-corrected chi connectivity index (χ2v) is 6.58. The van der Waals surface area contributed by atoms with Crippen LogP contribution in [0.2, 0.25) is 0 Å². The van der Waals surface area contributed by atoms with E-state index in [9.17, 15) is 4.79 Å². The number of urea groups is 1. The molecule has 7 nitrogen and oxygen atoms in total. The molecule has 0 aliphatic carbocycles. The van der Waals surface area contributed by atoms with E-state index in [4.69, 9.17) is 9.84 Å². The number of nitrogens with one attached hydrogen (secondary N) is 1. The van der Waals surface area contributed by atoms with E-state index in [0.29, 0.717) is 13.1 Å². The van der Waals surface area contributed by atoms with E-state index in [1.165, 1.54) is 0 Å². The molecule has 2 aliphatic rings. The Morgan fingerprint density at radius 2 is 2.16 bits per heavy atom. The normalized spacial score (nSPS) is 20.2. The van der Waals surface area contributed by atoms with Crippen molar-refractivity contribution in [3.8, 4) is 11.3 Å². The maximum Gasteiger partial charge on any atom is 0.317 e. The fourth-order valence-corrected chi connectivity index (χ4v) is 3.42. The van der Waals surface area contributed by atoms with Crippen molar-refractivity contribution in [3.05, 3.63) is 36.3 Å². The van der Waals surface area contributed by atoms with Crippen LogP contribution in [0.1, 0.15) is 25.0 Å². The largest absolute Gasteiger partial charge is 0.376 e. The highest BCUT2D eigenvalue weighted by molar-refractivity contribution is 5.74. The van der Waals surface area contributed by atoms with Gasteiger partial charge in [-0.3, -0.25) is 9.67 Å². The van der Waals surface area contributed by atoms with Crippen molar-refractivity contribution in [2.24, 2.45) is 0 Å². The minimum Gasteiger partial charge on any atom is -0.376 e. The molecule has 1 saturated heterocycles. The standard InChI is InChI=1S/C18H23N5O2/c24-18(20-12-16-3-1-10-25-16)22-8-2-9-23-15(13-22)11-17(21-23)14-4-6-19-7-5-14/h4-7,11,16H,1-3,8-10,12-13H2,(H,20,24)/t16-/m1/s1. The molecule has 1 fully saturated rings. The molecule has 0 spiro atoms.